The topological polar surface area (TPSA) is 24.5 Å². The highest BCUT2D eigenvalue weighted by Crippen LogP contribution is 2.46. The molecule has 0 aromatic rings. The molecule has 3 nitrogen and oxygen atoms in total. The van der Waals surface area contributed by atoms with Gasteiger partial charge in [0.1, 0.15) is 0 Å². The second-order valence-electron chi connectivity index (χ2n) is 6.29. The summed E-state index contributed by atoms with van der Waals surface area (Å²) in [5.41, 5.74) is 0.750. The lowest BCUT2D eigenvalue weighted by molar-refractivity contribution is 0.0804. The molecule has 1 aliphatic carbocycles. The predicted octanol–water partition coefficient (Wildman–Crippen LogP) is 2.27. The van der Waals surface area contributed by atoms with Crippen LogP contribution in [-0.2, 0) is 4.74 Å². The van der Waals surface area contributed by atoms with Crippen molar-refractivity contribution in [3.63, 3.8) is 0 Å². The fraction of sp³-hybridized carbons (Fsp3) is 1.00. The van der Waals surface area contributed by atoms with E-state index in [0.29, 0.717) is 6.04 Å². The molecule has 18 heavy (non-hydrogen) atoms. The fourth-order valence-corrected chi connectivity index (χ4v) is 3.68. The van der Waals surface area contributed by atoms with Gasteiger partial charge in [0.2, 0.25) is 0 Å². The van der Waals surface area contributed by atoms with Crippen molar-refractivity contribution in [2.45, 2.75) is 51.5 Å². The lowest BCUT2D eigenvalue weighted by Crippen LogP contribution is -2.47. The van der Waals surface area contributed by atoms with Crippen LogP contribution in [0.1, 0.15) is 45.4 Å². The summed E-state index contributed by atoms with van der Waals surface area (Å²) in [7, 11) is 1.76. The van der Waals surface area contributed by atoms with Crippen molar-refractivity contribution in [1.29, 1.82) is 0 Å². The molecule has 3 heteroatoms. The Hall–Kier alpha value is -0.120. The first kappa shape index (κ1) is 14.3. The summed E-state index contributed by atoms with van der Waals surface area (Å²) < 4.78 is 5.06. The molecular formula is C15H30N2O. The molecule has 106 valence electrons. The smallest absolute Gasteiger partial charge is 0.0587 e. The van der Waals surface area contributed by atoms with E-state index in [1.54, 1.807) is 7.11 Å². The number of hydrogen-bond donors (Lipinski definition) is 1. The number of likely N-dealkylation sites (tertiary alicyclic amines) is 1. The van der Waals surface area contributed by atoms with Gasteiger partial charge in [0.15, 0.2) is 0 Å². The van der Waals surface area contributed by atoms with Gasteiger partial charge < -0.3 is 10.1 Å². The van der Waals surface area contributed by atoms with Crippen LogP contribution in [0.2, 0.25) is 0 Å². The summed E-state index contributed by atoms with van der Waals surface area (Å²) in [6.07, 6.45) is 8.84. The Morgan fingerprint density at radius 3 is 2.44 bits per heavy atom. The van der Waals surface area contributed by atoms with E-state index in [-0.39, 0.29) is 0 Å². The Balaban J connectivity index is 1.65. The summed E-state index contributed by atoms with van der Waals surface area (Å²) >= 11 is 0. The molecule has 1 saturated heterocycles. The van der Waals surface area contributed by atoms with Gasteiger partial charge in [-0.3, -0.25) is 4.90 Å². The normalized spacial score (nSPS) is 25.7. The summed E-state index contributed by atoms with van der Waals surface area (Å²) in [5.74, 6) is 0. The zero-order valence-corrected chi connectivity index (χ0v) is 12.2. The lowest BCUT2D eigenvalue weighted by atomic mass is 9.77. The Kier molecular flexibility index (Phi) is 5.46. The molecule has 1 saturated carbocycles. The van der Waals surface area contributed by atoms with Crippen molar-refractivity contribution in [3.05, 3.63) is 0 Å². The highest BCUT2D eigenvalue weighted by atomic mass is 16.5. The van der Waals surface area contributed by atoms with Gasteiger partial charge in [-0.2, -0.15) is 0 Å². The quantitative estimate of drug-likeness (QED) is 0.736. The largest absolute Gasteiger partial charge is 0.383 e. The van der Waals surface area contributed by atoms with Crippen molar-refractivity contribution < 1.29 is 4.74 Å². The maximum atomic E-state index is 5.06. The third-order valence-corrected chi connectivity index (χ3v) is 5.07. The SMILES string of the molecule is COCCNCC(C)N1CCC2(CCCC2)CC1. The number of piperidine rings is 1. The van der Waals surface area contributed by atoms with Gasteiger partial charge in [0.25, 0.3) is 0 Å². The van der Waals surface area contributed by atoms with Crippen LogP contribution in [0.25, 0.3) is 0 Å². The number of hydrogen-bond acceptors (Lipinski definition) is 3. The van der Waals surface area contributed by atoms with Crippen molar-refractivity contribution >= 4 is 0 Å². The van der Waals surface area contributed by atoms with E-state index in [4.69, 9.17) is 4.74 Å². The second kappa shape index (κ2) is 6.88. The molecule has 0 amide bonds. The van der Waals surface area contributed by atoms with Crippen molar-refractivity contribution in [1.82, 2.24) is 10.2 Å². The highest BCUT2D eigenvalue weighted by molar-refractivity contribution is 4.90. The van der Waals surface area contributed by atoms with Crippen LogP contribution in [0.4, 0.5) is 0 Å². The molecule has 2 fully saturated rings. The molecule has 1 unspecified atom stereocenters. The molecule has 0 aromatic heterocycles. The predicted molar refractivity (Wildman–Crippen MR) is 75.9 cm³/mol. The van der Waals surface area contributed by atoms with E-state index < -0.39 is 0 Å². The van der Waals surface area contributed by atoms with Gasteiger partial charge in [-0.25, -0.2) is 0 Å². The Labute approximate surface area is 112 Å². The number of nitrogens with zero attached hydrogens (tertiary/aromatic N) is 1. The van der Waals surface area contributed by atoms with Crippen molar-refractivity contribution in [2.75, 3.05) is 39.9 Å². The van der Waals surface area contributed by atoms with Crippen molar-refractivity contribution in [2.24, 2.45) is 5.41 Å². The fourth-order valence-electron chi connectivity index (χ4n) is 3.68. The zero-order valence-electron chi connectivity index (χ0n) is 12.2. The van der Waals surface area contributed by atoms with E-state index >= 15 is 0 Å². The Bertz CT molecular complexity index is 229. The van der Waals surface area contributed by atoms with Crippen LogP contribution < -0.4 is 5.32 Å². The third kappa shape index (κ3) is 3.69. The van der Waals surface area contributed by atoms with E-state index in [1.807, 2.05) is 0 Å². The lowest BCUT2D eigenvalue weighted by Gasteiger charge is -2.42. The number of nitrogens with one attached hydrogen (secondary N) is 1. The maximum absolute atomic E-state index is 5.06. The average Bonchev–Trinajstić information content (AvgIpc) is 2.84. The summed E-state index contributed by atoms with van der Waals surface area (Å²) in [4.78, 5) is 2.67. The molecule has 1 atom stereocenters. The van der Waals surface area contributed by atoms with Crippen LogP contribution in [0.3, 0.4) is 0 Å². The number of methoxy groups -OCH3 is 1. The molecule has 1 aliphatic heterocycles. The molecule has 1 heterocycles. The van der Waals surface area contributed by atoms with Crippen LogP contribution in [0.15, 0.2) is 0 Å². The van der Waals surface area contributed by atoms with Gasteiger partial charge in [0, 0.05) is 26.2 Å². The molecule has 1 N–H and O–H groups in total. The van der Waals surface area contributed by atoms with Crippen LogP contribution in [-0.4, -0.2) is 50.8 Å². The van der Waals surface area contributed by atoms with E-state index in [1.165, 1.54) is 51.6 Å². The first-order chi connectivity index (χ1) is 8.76. The molecule has 2 rings (SSSR count). The molecule has 0 radical (unpaired) electrons. The highest BCUT2D eigenvalue weighted by Gasteiger charge is 2.37. The van der Waals surface area contributed by atoms with Crippen LogP contribution >= 0.6 is 0 Å². The average molecular weight is 254 g/mol. The van der Waals surface area contributed by atoms with Crippen molar-refractivity contribution in [3.8, 4) is 0 Å². The minimum Gasteiger partial charge on any atom is -0.383 e. The van der Waals surface area contributed by atoms with Gasteiger partial charge in [0.05, 0.1) is 6.61 Å². The molecule has 1 spiro atoms. The molecule has 0 bridgehead atoms. The third-order valence-electron chi connectivity index (χ3n) is 5.07. The zero-order chi connectivity index (χ0) is 12.8. The van der Waals surface area contributed by atoms with Crippen LogP contribution in [0, 0.1) is 5.41 Å². The molecular weight excluding hydrogens is 224 g/mol. The van der Waals surface area contributed by atoms with Gasteiger partial charge in [-0.1, -0.05) is 12.8 Å². The Morgan fingerprint density at radius 1 is 1.17 bits per heavy atom. The number of ether oxygens (including phenoxy) is 1. The maximum Gasteiger partial charge on any atom is 0.0587 e. The first-order valence-electron chi connectivity index (χ1n) is 7.69. The Morgan fingerprint density at radius 2 is 1.83 bits per heavy atom. The van der Waals surface area contributed by atoms with Crippen LogP contribution in [0.5, 0.6) is 0 Å². The van der Waals surface area contributed by atoms with Gasteiger partial charge in [-0.15, -0.1) is 0 Å². The van der Waals surface area contributed by atoms with E-state index in [0.717, 1.165) is 25.1 Å². The van der Waals surface area contributed by atoms with E-state index in [9.17, 15) is 0 Å². The summed E-state index contributed by atoms with van der Waals surface area (Å²) in [6, 6.07) is 0.667. The van der Waals surface area contributed by atoms with Gasteiger partial charge >= 0.3 is 0 Å². The molecule has 0 aromatic carbocycles. The second-order valence-corrected chi connectivity index (χ2v) is 6.29. The minimum absolute atomic E-state index is 0.667. The minimum atomic E-state index is 0.667. The van der Waals surface area contributed by atoms with E-state index in [2.05, 4.69) is 17.1 Å². The van der Waals surface area contributed by atoms with Gasteiger partial charge in [-0.05, 0) is 51.1 Å². The number of rotatable bonds is 6. The summed E-state index contributed by atoms with van der Waals surface area (Å²) in [5, 5.41) is 3.48. The first-order valence-corrected chi connectivity index (χ1v) is 7.69. The summed E-state index contributed by atoms with van der Waals surface area (Å²) in [6.45, 7) is 7.86. The standard InChI is InChI=1S/C15H30N2O/c1-14(13-16-9-12-18-2)17-10-7-15(8-11-17)5-3-4-6-15/h14,16H,3-13H2,1-2H3. The molecule has 2 aliphatic rings. The monoisotopic (exact) mass is 254 g/mol.